The molecule has 0 unspecified atom stereocenters. The Labute approximate surface area is 110 Å². The number of ether oxygens (including phenoxy) is 1. The molecule has 4 heteroatoms. The van der Waals surface area contributed by atoms with Crippen LogP contribution >= 0.6 is 11.6 Å². The van der Waals surface area contributed by atoms with E-state index >= 15 is 0 Å². The van der Waals surface area contributed by atoms with Gasteiger partial charge in [0.15, 0.2) is 0 Å². The first-order chi connectivity index (χ1) is 8.63. The van der Waals surface area contributed by atoms with Crippen LogP contribution in [0.15, 0.2) is 42.5 Å². The third-order valence-corrected chi connectivity index (χ3v) is 2.94. The number of hydrogen-bond acceptors (Lipinski definition) is 2. The molecule has 1 N–H and O–H groups in total. The van der Waals surface area contributed by atoms with Crippen molar-refractivity contribution in [2.45, 2.75) is 0 Å². The normalized spacial score (nSPS) is 10.1. The van der Waals surface area contributed by atoms with Gasteiger partial charge in [-0.1, -0.05) is 29.8 Å². The summed E-state index contributed by atoms with van der Waals surface area (Å²) in [4.78, 5) is 11.2. The topological polar surface area (TPSA) is 46.5 Å². The van der Waals surface area contributed by atoms with Gasteiger partial charge in [-0.25, -0.2) is 4.79 Å². The Balaban J connectivity index is 2.58. The number of rotatable bonds is 3. The summed E-state index contributed by atoms with van der Waals surface area (Å²) in [7, 11) is 1.58. The summed E-state index contributed by atoms with van der Waals surface area (Å²) in [6, 6.07) is 11.9. The number of methoxy groups -OCH3 is 1. The molecule has 0 heterocycles. The van der Waals surface area contributed by atoms with Crippen molar-refractivity contribution in [3.05, 3.63) is 53.1 Å². The highest BCUT2D eigenvalue weighted by Crippen LogP contribution is 2.32. The van der Waals surface area contributed by atoms with E-state index in [0.29, 0.717) is 16.3 Å². The molecule has 0 bridgehead atoms. The number of carboxylic acid groups (broad SMARTS) is 1. The molecular weight excluding hydrogens is 252 g/mol. The van der Waals surface area contributed by atoms with Crippen LogP contribution in [0.4, 0.5) is 0 Å². The van der Waals surface area contributed by atoms with Crippen molar-refractivity contribution in [3.8, 4) is 16.9 Å². The molecule has 2 aromatic carbocycles. The largest absolute Gasteiger partial charge is 0.497 e. The minimum absolute atomic E-state index is 0.188. The first kappa shape index (κ1) is 12.5. The molecule has 0 fully saturated rings. The van der Waals surface area contributed by atoms with Gasteiger partial charge in [0.1, 0.15) is 5.75 Å². The second kappa shape index (κ2) is 5.10. The zero-order chi connectivity index (χ0) is 13.1. The molecule has 0 aromatic heterocycles. The third kappa shape index (κ3) is 2.31. The van der Waals surface area contributed by atoms with Crippen LogP contribution in [-0.4, -0.2) is 18.2 Å². The van der Waals surface area contributed by atoms with E-state index in [0.717, 1.165) is 5.56 Å². The fourth-order valence-electron chi connectivity index (χ4n) is 1.75. The standard InChI is InChI=1S/C14H11ClO3/c1-18-10-7-5-9(6-8-10)13-11(14(16)17)3-2-4-12(13)15/h2-8H,1H3,(H,16,17). The van der Waals surface area contributed by atoms with Crippen molar-refractivity contribution in [1.29, 1.82) is 0 Å². The molecule has 0 amide bonds. The van der Waals surface area contributed by atoms with E-state index in [2.05, 4.69) is 0 Å². The second-order valence-electron chi connectivity index (χ2n) is 3.70. The zero-order valence-corrected chi connectivity index (χ0v) is 10.4. The molecule has 2 rings (SSSR count). The lowest BCUT2D eigenvalue weighted by atomic mass is 9.99. The van der Waals surface area contributed by atoms with E-state index < -0.39 is 5.97 Å². The Kier molecular flexibility index (Phi) is 3.53. The lowest BCUT2D eigenvalue weighted by molar-refractivity contribution is 0.0697. The summed E-state index contributed by atoms with van der Waals surface area (Å²) in [6.07, 6.45) is 0. The molecule has 2 aromatic rings. The molecule has 0 saturated carbocycles. The minimum atomic E-state index is -0.997. The second-order valence-corrected chi connectivity index (χ2v) is 4.10. The first-order valence-electron chi connectivity index (χ1n) is 5.29. The molecule has 18 heavy (non-hydrogen) atoms. The van der Waals surface area contributed by atoms with E-state index in [9.17, 15) is 4.79 Å². The van der Waals surface area contributed by atoms with Gasteiger partial charge in [0.05, 0.1) is 12.7 Å². The summed E-state index contributed by atoms with van der Waals surface area (Å²) in [5.74, 6) is -0.286. The fourth-order valence-corrected chi connectivity index (χ4v) is 2.04. The highest BCUT2D eigenvalue weighted by atomic mass is 35.5. The van der Waals surface area contributed by atoms with Crippen LogP contribution in [0.5, 0.6) is 5.75 Å². The maximum Gasteiger partial charge on any atom is 0.336 e. The van der Waals surface area contributed by atoms with Crippen LogP contribution in [0.1, 0.15) is 10.4 Å². The summed E-state index contributed by atoms with van der Waals surface area (Å²) in [5, 5.41) is 9.59. The van der Waals surface area contributed by atoms with Gasteiger partial charge in [0.25, 0.3) is 0 Å². The van der Waals surface area contributed by atoms with Gasteiger partial charge in [-0.15, -0.1) is 0 Å². The Bertz CT molecular complexity index is 576. The van der Waals surface area contributed by atoms with Gasteiger partial charge in [0, 0.05) is 10.6 Å². The molecule has 0 radical (unpaired) electrons. The number of hydrogen-bond donors (Lipinski definition) is 1. The van der Waals surface area contributed by atoms with E-state index in [4.69, 9.17) is 21.4 Å². The monoisotopic (exact) mass is 262 g/mol. The average molecular weight is 263 g/mol. The van der Waals surface area contributed by atoms with Crippen LogP contribution in [0.3, 0.4) is 0 Å². The number of aromatic carboxylic acids is 1. The summed E-state index contributed by atoms with van der Waals surface area (Å²) in [6.45, 7) is 0. The van der Waals surface area contributed by atoms with E-state index in [1.165, 1.54) is 6.07 Å². The number of carboxylic acids is 1. The molecule has 0 atom stereocenters. The van der Waals surface area contributed by atoms with Crippen molar-refractivity contribution in [2.24, 2.45) is 0 Å². The maximum atomic E-state index is 11.2. The van der Waals surface area contributed by atoms with Crippen molar-refractivity contribution < 1.29 is 14.6 Å². The van der Waals surface area contributed by atoms with Gasteiger partial charge in [-0.05, 0) is 29.8 Å². The van der Waals surface area contributed by atoms with Crippen LogP contribution < -0.4 is 4.74 Å². The Morgan fingerprint density at radius 1 is 1.17 bits per heavy atom. The Hall–Kier alpha value is -2.00. The number of halogens is 1. The molecule has 3 nitrogen and oxygen atoms in total. The van der Waals surface area contributed by atoms with Gasteiger partial charge < -0.3 is 9.84 Å². The highest BCUT2D eigenvalue weighted by Gasteiger charge is 2.14. The molecule has 0 spiro atoms. The summed E-state index contributed by atoms with van der Waals surface area (Å²) in [5.41, 5.74) is 1.46. The average Bonchev–Trinajstić information content (AvgIpc) is 2.38. The molecule has 0 saturated heterocycles. The first-order valence-corrected chi connectivity index (χ1v) is 5.67. The molecular formula is C14H11ClO3. The van der Waals surface area contributed by atoms with Crippen molar-refractivity contribution in [3.63, 3.8) is 0 Å². The van der Waals surface area contributed by atoms with Gasteiger partial charge in [-0.2, -0.15) is 0 Å². The van der Waals surface area contributed by atoms with Crippen LogP contribution in [-0.2, 0) is 0 Å². The zero-order valence-electron chi connectivity index (χ0n) is 9.68. The maximum absolute atomic E-state index is 11.2. The van der Waals surface area contributed by atoms with Gasteiger partial charge in [0.2, 0.25) is 0 Å². The predicted molar refractivity (Wildman–Crippen MR) is 70.4 cm³/mol. The number of benzene rings is 2. The smallest absolute Gasteiger partial charge is 0.336 e. The molecule has 0 aliphatic carbocycles. The van der Waals surface area contributed by atoms with Crippen molar-refractivity contribution in [1.82, 2.24) is 0 Å². The number of carbonyl (C=O) groups is 1. The van der Waals surface area contributed by atoms with Crippen LogP contribution in [0, 0.1) is 0 Å². The van der Waals surface area contributed by atoms with E-state index in [1.54, 1.807) is 43.5 Å². The minimum Gasteiger partial charge on any atom is -0.497 e. The van der Waals surface area contributed by atoms with Gasteiger partial charge >= 0.3 is 5.97 Å². The lowest BCUT2D eigenvalue weighted by Crippen LogP contribution is -1.99. The van der Waals surface area contributed by atoms with Crippen molar-refractivity contribution >= 4 is 17.6 Å². The molecule has 0 aliphatic rings. The van der Waals surface area contributed by atoms with E-state index in [-0.39, 0.29) is 5.56 Å². The highest BCUT2D eigenvalue weighted by molar-refractivity contribution is 6.34. The van der Waals surface area contributed by atoms with Gasteiger partial charge in [-0.3, -0.25) is 0 Å². The van der Waals surface area contributed by atoms with Crippen LogP contribution in [0.25, 0.3) is 11.1 Å². The Morgan fingerprint density at radius 3 is 2.39 bits per heavy atom. The molecule has 92 valence electrons. The van der Waals surface area contributed by atoms with Crippen LogP contribution in [0.2, 0.25) is 5.02 Å². The van der Waals surface area contributed by atoms with E-state index in [1.807, 2.05) is 0 Å². The lowest BCUT2D eigenvalue weighted by Gasteiger charge is -2.09. The summed E-state index contributed by atoms with van der Waals surface area (Å²) < 4.78 is 5.06. The van der Waals surface area contributed by atoms with Crippen molar-refractivity contribution in [2.75, 3.05) is 7.11 Å². The third-order valence-electron chi connectivity index (χ3n) is 2.62. The predicted octanol–water partition coefficient (Wildman–Crippen LogP) is 3.71. The SMILES string of the molecule is COc1ccc(-c2c(Cl)cccc2C(=O)O)cc1. The summed E-state index contributed by atoms with van der Waals surface area (Å²) >= 11 is 6.09. The Morgan fingerprint density at radius 2 is 1.83 bits per heavy atom. The molecule has 0 aliphatic heterocycles. The quantitative estimate of drug-likeness (QED) is 0.917. The fraction of sp³-hybridized carbons (Fsp3) is 0.0714.